The highest BCUT2D eigenvalue weighted by Crippen LogP contribution is 2.35. The van der Waals surface area contributed by atoms with E-state index in [9.17, 15) is 4.39 Å². The normalized spacial score (nSPS) is 13.8. The number of alkyl halides is 1. The number of nitrogens with one attached hydrogen (secondary N) is 2. The predicted molar refractivity (Wildman–Crippen MR) is 166 cm³/mol. The summed E-state index contributed by atoms with van der Waals surface area (Å²) < 4.78 is 20.4. The summed E-state index contributed by atoms with van der Waals surface area (Å²) in [5, 5.41) is 7.34. The van der Waals surface area contributed by atoms with Crippen LogP contribution in [-0.2, 0) is 0 Å². The highest BCUT2D eigenvalue weighted by atomic mass is 32.2. The third kappa shape index (κ3) is 11.0. The van der Waals surface area contributed by atoms with Gasteiger partial charge in [0.25, 0.3) is 0 Å². The Kier molecular flexibility index (Phi) is 14.6. The van der Waals surface area contributed by atoms with Crippen molar-refractivity contribution in [2.24, 2.45) is 9.98 Å². The molecule has 8 heteroatoms. The molecule has 0 radical (unpaired) electrons. The first-order valence-electron chi connectivity index (χ1n) is 13.4. The molecule has 0 fully saturated rings. The number of anilines is 2. The van der Waals surface area contributed by atoms with Crippen LogP contribution in [0.2, 0.25) is 0 Å². The SMILES string of the molecule is CCCCCCCCOc1ccc(NC(=NC(C)C(C)=Nc2ccccc2NC)SCC)cc1C(F)P. The van der Waals surface area contributed by atoms with E-state index in [0.29, 0.717) is 17.9 Å². The third-order valence-electron chi connectivity index (χ3n) is 5.98. The van der Waals surface area contributed by atoms with Gasteiger partial charge in [0, 0.05) is 24.0 Å². The number of benzene rings is 2. The first-order chi connectivity index (χ1) is 17.9. The Labute approximate surface area is 229 Å². The smallest absolute Gasteiger partial charge is 0.161 e. The maximum absolute atomic E-state index is 14.5. The van der Waals surface area contributed by atoms with Crippen LogP contribution < -0.4 is 15.4 Å². The van der Waals surface area contributed by atoms with Crippen molar-refractivity contribution >= 4 is 48.9 Å². The molecule has 0 aliphatic heterocycles. The molecule has 0 amide bonds. The summed E-state index contributed by atoms with van der Waals surface area (Å²) in [4.78, 5) is 9.68. The maximum Gasteiger partial charge on any atom is 0.161 e. The second kappa shape index (κ2) is 17.4. The lowest BCUT2D eigenvalue weighted by Crippen LogP contribution is -2.17. The van der Waals surface area contributed by atoms with Gasteiger partial charge in [-0.3, -0.25) is 9.98 Å². The number of hydrogen-bond acceptors (Lipinski definition) is 5. The molecule has 0 saturated heterocycles. The minimum absolute atomic E-state index is 0.124. The van der Waals surface area contributed by atoms with Gasteiger partial charge in [-0.15, -0.1) is 0 Å². The molecule has 2 aromatic carbocycles. The van der Waals surface area contributed by atoms with Gasteiger partial charge in [-0.05, 0) is 56.4 Å². The summed E-state index contributed by atoms with van der Waals surface area (Å²) in [7, 11) is 4.13. The molecule has 204 valence electrons. The highest BCUT2D eigenvalue weighted by molar-refractivity contribution is 8.14. The first-order valence-corrected chi connectivity index (χ1v) is 15.0. The van der Waals surface area contributed by atoms with Crippen LogP contribution in [-0.4, -0.2) is 36.3 Å². The van der Waals surface area contributed by atoms with Crippen LogP contribution in [0.1, 0.15) is 77.7 Å². The number of halogens is 1. The van der Waals surface area contributed by atoms with Gasteiger partial charge < -0.3 is 15.4 Å². The lowest BCUT2D eigenvalue weighted by atomic mass is 10.1. The summed E-state index contributed by atoms with van der Waals surface area (Å²) in [5.74, 6) is 0.253. The molecule has 2 N–H and O–H groups in total. The van der Waals surface area contributed by atoms with Crippen LogP contribution in [0.4, 0.5) is 21.5 Å². The lowest BCUT2D eigenvalue weighted by molar-refractivity contribution is 0.296. The summed E-state index contributed by atoms with van der Waals surface area (Å²) >= 11 is 1.62. The van der Waals surface area contributed by atoms with E-state index in [-0.39, 0.29) is 6.04 Å². The van der Waals surface area contributed by atoms with E-state index in [2.05, 4.69) is 33.7 Å². The van der Waals surface area contributed by atoms with Crippen LogP contribution in [0.25, 0.3) is 0 Å². The maximum atomic E-state index is 14.5. The Morgan fingerprint density at radius 3 is 2.51 bits per heavy atom. The van der Waals surface area contributed by atoms with Crippen LogP contribution >= 0.6 is 21.0 Å². The fraction of sp³-hybridized carbons (Fsp3) is 0.517. The van der Waals surface area contributed by atoms with Gasteiger partial charge >= 0.3 is 0 Å². The zero-order valence-electron chi connectivity index (χ0n) is 23.0. The Morgan fingerprint density at radius 1 is 1.08 bits per heavy atom. The fourth-order valence-electron chi connectivity index (χ4n) is 3.74. The molecule has 0 aliphatic rings. The van der Waals surface area contributed by atoms with E-state index in [4.69, 9.17) is 14.7 Å². The average Bonchev–Trinajstić information content (AvgIpc) is 2.89. The van der Waals surface area contributed by atoms with Gasteiger partial charge in [-0.2, -0.15) is 0 Å². The molecule has 0 bridgehead atoms. The number of unbranched alkanes of at least 4 members (excludes halogenated alkanes) is 5. The summed E-state index contributed by atoms with van der Waals surface area (Å²) in [6.07, 6.45) is 7.15. The number of amidine groups is 1. The molecule has 0 spiro atoms. The zero-order chi connectivity index (χ0) is 27.0. The fourth-order valence-corrected chi connectivity index (χ4v) is 4.70. The Balaban J connectivity index is 2.10. The first kappa shape index (κ1) is 31.1. The topological polar surface area (TPSA) is 58.0 Å². The number of hydrogen-bond donors (Lipinski definition) is 2. The third-order valence-corrected chi connectivity index (χ3v) is 7.11. The van der Waals surface area contributed by atoms with E-state index in [1.165, 1.54) is 25.7 Å². The minimum atomic E-state index is -1.21. The monoisotopic (exact) mass is 546 g/mol. The second-order valence-corrected chi connectivity index (χ2v) is 10.8. The zero-order valence-corrected chi connectivity index (χ0v) is 25.0. The number of thioether (sulfide) groups is 1. The Morgan fingerprint density at radius 2 is 1.81 bits per heavy atom. The van der Waals surface area contributed by atoms with Crippen molar-refractivity contribution < 1.29 is 9.13 Å². The molecule has 0 aliphatic carbocycles. The molecular weight excluding hydrogens is 502 g/mol. The van der Waals surface area contributed by atoms with Gasteiger partial charge in [-0.1, -0.05) is 79.1 Å². The van der Waals surface area contributed by atoms with Crippen molar-refractivity contribution in [3.8, 4) is 5.75 Å². The van der Waals surface area contributed by atoms with Crippen molar-refractivity contribution in [3.05, 3.63) is 48.0 Å². The van der Waals surface area contributed by atoms with Crippen molar-refractivity contribution in [2.75, 3.05) is 30.0 Å². The standard InChI is InChI=1S/C29H44FN4OPS/c1-6-8-9-10-11-14-19-35-27-18-17-23(20-24(27)28(30)36)34-29(37-7-2)33-22(4)21(3)32-26-16-13-12-15-25(26)31-5/h12-13,15-18,20,22,28,31H,6-11,14,19,36H2,1-5H3,(H,33,34). The van der Waals surface area contributed by atoms with Crippen molar-refractivity contribution in [1.29, 1.82) is 0 Å². The molecule has 2 aromatic rings. The van der Waals surface area contributed by atoms with E-state index in [0.717, 1.165) is 46.5 Å². The molecule has 5 nitrogen and oxygen atoms in total. The molecule has 37 heavy (non-hydrogen) atoms. The van der Waals surface area contributed by atoms with Gasteiger partial charge in [0.05, 0.1) is 24.0 Å². The summed E-state index contributed by atoms with van der Waals surface area (Å²) in [5.41, 5.74) is 4.08. The van der Waals surface area contributed by atoms with Crippen LogP contribution in [0.3, 0.4) is 0 Å². The molecular formula is C29H44FN4OPS. The second-order valence-electron chi connectivity index (χ2n) is 8.96. The van der Waals surface area contributed by atoms with Crippen molar-refractivity contribution in [1.82, 2.24) is 0 Å². The number of nitrogens with zero attached hydrogens (tertiary/aromatic N) is 2. The minimum Gasteiger partial charge on any atom is -0.493 e. The molecule has 0 saturated carbocycles. The number of ether oxygens (including phenoxy) is 1. The van der Waals surface area contributed by atoms with E-state index in [1.807, 2.05) is 63.4 Å². The van der Waals surface area contributed by atoms with Gasteiger partial charge in [-0.25, -0.2) is 4.39 Å². The Hall–Kier alpha value is -2.11. The lowest BCUT2D eigenvalue weighted by Gasteiger charge is -2.16. The molecule has 3 unspecified atom stereocenters. The van der Waals surface area contributed by atoms with E-state index in [1.54, 1.807) is 11.8 Å². The molecule has 3 atom stereocenters. The average molecular weight is 547 g/mol. The van der Waals surface area contributed by atoms with Crippen LogP contribution in [0.15, 0.2) is 52.4 Å². The van der Waals surface area contributed by atoms with E-state index < -0.39 is 5.91 Å². The predicted octanol–water partition coefficient (Wildman–Crippen LogP) is 9.01. The van der Waals surface area contributed by atoms with Crippen molar-refractivity contribution in [3.63, 3.8) is 0 Å². The molecule has 0 heterocycles. The molecule has 0 aromatic heterocycles. The van der Waals surface area contributed by atoms with Gasteiger partial charge in [0.15, 0.2) is 5.17 Å². The molecule has 2 rings (SSSR count). The van der Waals surface area contributed by atoms with Gasteiger partial charge in [0.2, 0.25) is 0 Å². The van der Waals surface area contributed by atoms with E-state index >= 15 is 0 Å². The number of para-hydroxylation sites is 2. The number of rotatable bonds is 15. The number of aliphatic imine (C=N–C) groups is 2. The van der Waals surface area contributed by atoms with Crippen LogP contribution in [0.5, 0.6) is 5.75 Å². The Bertz CT molecular complexity index is 1020. The summed E-state index contributed by atoms with van der Waals surface area (Å²) in [6.45, 7) is 8.93. The largest absolute Gasteiger partial charge is 0.493 e. The van der Waals surface area contributed by atoms with Crippen LogP contribution in [0, 0.1) is 0 Å². The highest BCUT2D eigenvalue weighted by Gasteiger charge is 2.14. The van der Waals surface area contributed by atoms with Crippen molar-refractivity contribution in [2.45, 2.75) is 78.2 Å². The quantitative estimate of drug-likeness (QED) is 0.101. The van der Waals surface area contributed by atoms with Gasteiger partial charge in [0.1, 0.15) is 11.7 Å². The summed E-state index contributed by atoms with van der Waals surface area (Å²) in [6, 6.07) is 13.4.